The lowest BCUT2D eigenvalue weighted by molar-refractivity contribution is -0.138. The van der Waals surface area contributed by atoms with E-state index in [9.17, 15) is 46.1 Å². The maximum absolute atomic E-state index is 13.9. The minimum absolute atomic E-state index is 0.00644. The van der Waals surface area contributed by atoms with E-state index in [0.717, 1.165) is 74.9 Å². The number of rotatable bonds is 16. The number of hydrogen-bond donors (Lipinski definition) is 3. The largest absolute Gasteiger partial charge is 0.507 e. The number of phenols is 1. The van der Waals surface area contributed by atoms with Crippen LogP contribution < -0.4 is 10.1 Å². The molecule has 0 unspecified atom stereocenters. The number of alkyl halides is 6. The van der Waals surface area contributed by atoms with Crippen molar-refractivity contribution < 1.29 is 50.9 Å². The van der Waals surface area contributed by atoms with Crippen molar-refractivity contribution in [3.63, 3.8) is 0 Å². The number of carbonyl (C=O) groups is 2. The summed E-state index contributed by atoms with van der Waals surface area (Å²) in [6, 6.07) is 25.0. The molecule has 1 amide bonds. The summed E-state index contributed by atoms with van der Waals surface area (Å²) in [6.45, 7) is -0.0715. The number of carboxylic acids is 1. The van der Waals surface area contributed by atoms with Crippen LogP contribution in [0.5, 0.6) is 11.5 Å². The maximum Gasteiger partial charge on any atom is 0.416 e. The molecule has 0 atom stereocenters. The normalized spacial score (nSPS) is 11.7. The highest BCUT2D eigenvalue weighted by Crippen LogP contribution is 2.44. The lowest BCUT2D eigenvalue weighted by Crippen LogP contribution is -2.24. The molecule has 0 aromatic heterocycles. The molecule has 0 saturated carbocycles. The molecule has 0 aliphatic rings. The molecule has 0 bridgehead atoms. The quantitative estimate of drug-likeness (QED) is 0.0687. The highest BCUT2D eigenvalue weighted by atomic mass is 19.4. The predicted octanol–water partition coefficient (Wildman–Crippen LogP) is 11.4. The summed E-state index contributed by atoms with van der Waals surface area (Å²) in [4.78, 5) is 25.0. The Morgan fingerprint density at radius 1 is 0.618 bits per heavy atom. The van der Waals surface area contributed by atoms with Crippen LogP contribution in [0.4, 0.5) is 26.3 Å². The lowest BCUT2D eigenvalue weighted by atomic mass is 9.92. The van der Waals surface area contributed by atoms with Gasteiger partial charge in [-0.05, 0) is 90.0 Å². The lowest BCUT2D eigenvalue weighted by Gasteiger charge is -2.20. The predicted molar refractivity (Wildman–Crippen MR) is 197 cm³/mol. The number of unbranched alkanes of at least 4 members (excludes halogenated alkanes) is 5. The van der Waals surface area contributed by atoms with Gasteiger partial charge in [-0.25, -0.2) is 4.79 Å². The van der Waals surface area contributed by atoms with Crippen LogP contribution >= 0.6 is 0 Å². The van der Waals surface area contributed by atoms with Crippen LogP contribution in [0.25, 0.3) is 22.3 Å². The van der Waals surface area contributed by atoms with Gasteiger partial charge in [0.1, 0.15) is 23.7 Å². The van der Waals surface area contributed by atoms with E-state index < -0.39 is 41.1 Å². The van der Waals surface area contributed by atoms with Gasteiger partial charge < -0.3 is 20.3 Å². The fraction of sp³-hybridized carbons (Fsp3) is 0.256. The first-order chi connectivity index (χ1) is 26.2. The molecule has 5 aromatic carbocycles. The Hall–Kier alpha value is -5.78. The Morgan fingerprint density at radius 3 is 1.73 bits per heavy atom. The van der Waals surface area contributed by atoms with Crippen molar-refractivity contribution in [1.82, 2.24) is 5.32 Å². The van der Waals surface area contributed by atoms with Crippen LogP contribution in [0.15, 0.2) is 109 Å². The Morgan fingerprint density at radius 2 is 1.18 bits per heavy atom. The molecule has 5 aromatic rings. The van der Waals surface area contributed by atoms with Gasteiger partial charge in [0, 0.05) is 23.2 Å². The maximum atomic E-state index is 13.9. The number of hydrogen-bond acceptors (Lipinski definition) is 4. The molecule has 0 fully saturated rings. The van der Waals surface area contributed by atoms with E-state index in [1.54, 1.807) is 0 Å². The zero-order chi connectivity index (χ0) is 39.6. The van der Waals surface area contributed by atoms with E-state index in [0.29, 0.717) is 13.0 Å². The summed E-state index contributed by atoms with van der Waals surface area (Å²) < 4.78 is 89.4. The molecule has 6 nitrogen and oxygen atoms in total. The number of ether oxygens (including phenoxy) is 1. The summed E-state index contributed by atoms with van der Waals surface area (Å²) in [7, 11) is 0. The first kappa shape index (κ1) is 40.4. The Balaban J connectivity index is 1.44. The second kappa shape index (κ2) is 18.0. The molecule has 0 aliphatic carbocycles. The van der Waals surface area contributed by atoms with Gasteiger partial charge in [0.2, 0.25) is 0 Å². The highest BCUT2D eigenvalue weighted by molar-refractivity contribution is 5.99. The first-order valence-electron chi connectivity index (χ1n) is 17.7. The molecule has 55 heavy (non-hydrogen) atoms. The van der Waals surface area contributed by atoms with Crippen LogP contribution in [0.3, 0.4) is 0 Å². The highest BCUT2D eigenvalue weighted by Gasteiger charge is 2.32. The van der Waals surface area contributed by atoms with E-state index in [1.807, 2.05) is 18.2 Å². The van der Waals surface area contributed by atoms with Crippen molar-refractivity contribution in [2.24, 2.45) is 0 Å². The SMILES string of the molecule is O=C(NCCCCCCCCc1ccccc1)c1cc(-c2cccc(C(F)(F)F)c2)c(OCc2ccc(C(=O)O)c(O)c2)c(-c2cccc(C(F)(F)F)c2)c1. The number of aryl methyl sites for hydroxylation is 1. The molecule has 12 heteroatoms. The summed E-state index contributed by atoms with van der Waals surface area (Å²) in [6.07, 6.45) is -2.80. The third-order valence-electron chi connectivity index (χ3n) is 9.05. The van der Waals surface area contributed by atoms with Gasteiger partial charge in [-0.3, -0.25) is 4.79 Å². The summed E-state index contributed by atoms with van der Waals surface area (Å²) in [5.41, 5.74) is -0.908. The van der Waals surface area contributed by atoms with E-state index in [1.165, 1.54) is 48.0 Å². The number of benzene rings is 5. The zero-order valence-corrected chi connectivity index (χ0v) is 29.6. The van der Waals surface area contributed by atoms with Crippen molar-refractivity contribution in [3.05, 3.63) is 143 Å². The van der Waals surface area contributed by atoms with Crippen LogP contribution in [0.2, 0.25) is 0 Å². The fourth-order valence-corrected chi connectivity index (χ4v) is 6.18. The van der Waals surface area contributed by atoms with Gasteiger partial charge in [0.25, 0.3) is 5.91 Å². The number of carbonyl (C=O) groups excluding carboxylic acids is 1. The summed E-state index contributed by atoms with van der Waals surface area (Å²) >= 11 is 0. The van der Waals surface area contributed by atoms with Crippen molar-refractivity contribution in [2.45, 2.75) is 63.9 Å². The number of amides is 1. The minimum Gasteiger partial charge on any atom is -0.507 e. The average molecular weight is 764 g/mol. The number of aromatic hydroxyl groups is 1. The molecule has 288 valence electrons. The smallest absolute Gasteiger partial charge is 0.416 e. The van der Waals surface area contributed by atoms with Gasteiger partial charge >= 0.3 is 18.3 Å². The molecule has 0 radical (unpaired) electrons. The Bertz CT molecular complexity index is 2020. The van der Waals surface area contributed by atoms with Crippen LogP contribution in [-0.4, -0.2) is 28.6 Å². The van der Waals surface area contributed by atoms with Gasteiger partial charge in [-0.15, -0.1) is 0 Å². The van der Waals surface area contributed by atoms with Gasteiger partial charge in [0.15, 0.2) is 0 Å². The van der Waals surface area contributed by atoms with E-state index in [4.69, 9.17) is 4.74 Å². The molecular formula is C43H39F6NO5. The van der Waals surface area contributed by atoms with Crippen LogP contribution in [0.1, 0.15) is 81.5 Å². The summed E-state index contributed by atoms with van der Waals surface area (Å²) in [5, 5.41) is 22.4. The molecule has 0 heterocycles. The summed E-state index contributed by atoms with van der Waals surface area (Å²) in [5.74, 6) is -2.67. The van der Waals surface area contributed by atoms with E-state index >= 15 is 0 Å². The molecule has 0 saturated heterocycles. The average Bonchev–Trinajstić information content (AvgIpc) is 3.15. The topological polar surface area (TPSA) is 95.9 Å². The monoisotopic (exact) mass is 763 g/mol. The molecule has 0 spiro atoms. The van der Waals surface area contributed by atoms with Crippen LogP contribution in [-0.2, 0) is 25.4 Å². The molecular weight excluding hydrogens is 724 g/mol. The van der Waals surface area contributed by atoms with Gasteiger partial charge in [-0.2, -0.15) is 26.3 Å². The Kier molecular flexibility index (Phi) is 13.2. The van der Waals surface area contributed by atoms with Crippen LogP contribution in [0, 0.1) is 0 Å². The number of nitrogens with one attached hydrogen (secondary N) is 1. The van der Waals surface area contributed by atoms with Crippen molar-refractivity contribution in [2.75, 3.05) is 6.54 Å². The minimum atomic E-state index is -4.73. The zero-order valence-electron chi connectivity index (χ0n) is 29.6. The standard InChI is InChI=1S/C43H39F6NO5/c44-42(45,46)33-17-10-15-30(23-33)36-25-32(40(52)50-21-9-4-2-1-3-6-12-28-13-7-5-8-14-28)26-37(31-16-11-18-34(24-31)43(47,48)49)39(36)55-27-29-19-20-35(41(53)54)38(51)22-29/h5,7-8,10-11,13-20,22-26,51H,1-4,6,9,12,21,27H2,(H,50,52)(H,53,54). The molecule has 5 rings (SSSR count). The third-order valence-corrected chi connectivity index (χ3v) is 9.05. The van der Waals surface area contributed by atoms with E-state index in [-0.39, 0.29) is 51.3 Å². The van der Waals surface area contributed by atoms with Gasteiger partial charge in [0.05, 0.1) is 11.1 Å². The number of aromatic carboxylic acids is 1. The second-order valence-corrected chi connectivity index (χ2v) is 13.1. The third kappa shape index (κ3) is 11.1. The van der Waals surface area contributed by atoms with Gasteiger partial charge in [-0.1, -0.05) is 86.3 Å². The number of halogens is 6. The van der Waals surface area contributed by atoms with Crippen molar-refractivity contribution in [3.8, 4) is 33.8 Å². The molecule has 0 aliphatic heterocycles. The van der Waals surface area contributed by atoms with Crippen molar-refractivity contribution >= 4 is 11.9 Å². The second-order valence-electron chi connectivity index (χ2n) is 13.1. The molecule has 3 N–H and O–H groups in total. The first-order valence-corrected chi connectivity index (χ1v) is 17.7. The van der Waals surface area contributed by atoms with E-state index in [2.05, 4.69) is 17.4 Å². The fourth-order valence-electron chi connectivity index (χ4n) is 6.18. The Labute approximate surface area is 314 Å². The van der Waals surface area contributed by atoms with Crippen molar-refractivity contribution in [1.29, 1.82) is 0 Å². The number of carboxylic acid groups (broad SMARTS) is 1.